The first-order valence-electron chi connectivity index (χ1n) is 5.42. The van der Waals surface area contributed by atoms with Crippen molar-refractivity contribution in [2.24, 2.45) is 7.05 Å². The lowest BCUT2D eigenvalue weighted by molar-refractivity contribution is -0.142. The number of carbonyl (C=O) groups is 3. The summed E-state index contributed by atoms with van der Waals surface area (Å²) in [6, 6.07) is 0.750. The first-order valence-corrected chi connectivity index (χ1v) is 5.42. The number of methoxy groups -OCH3 is 1. The molecular formula is C12H16N2O4. The largest absolute Gasteiger partial charge is 0.467 e. The summed E-state index contributed by atoms with van der Waals surface area (Å²) in [6.07, 6.45) is 1.57. The second-order valence-electron chi connectivity index (χ2n) is 4.00. The Morgan fingerprint density at radius 2 is 2.00 bits per heavy atom. The molecule has 1 N–H and O–H groups in total. The van der Waals surface area contributed by atoms with Gasteiger partial charge in [0.2, 0.25) is 0 Å². The minimum atomic E-state index is -0.738. The number of ketones is 1. The Labute approximate surface area is 105 Å². The Balaban J connectivity index is 2.85. The normalized spacial score (nSPS) is 11.8. The fourth-order valence-electron chi connectivity index (χ4n) is 1.49. The van der Waals surface area contributed by atoms with Gasteiger partial charge in [-0.15, -0.1) is 0 Å². The molecule has 0 aromatic carbocycles. The minimum Gasteiger partial charge on any atom is -0.467 e. The van der Waals surface area contributed by atoms with Gasteiger partial charge in [-0.2, -0.15) is 0 Å². The van der Waals surface area contributed by atoms with E-state index in [1.165, 1.54) is 31.6 Å². The number of aromatic nitrogens is 1. The molecular weight excluding hydrogens is 236 g/mol. The molecule has 0 saturated carbocycles. The van der Waals surface area contributed by atoms with Crippen molar-refractivity contribution in [1.82, 2.24) is 9.88 Å². The highest BCUT2D eigenvalue weighted by Gasteiger charge is 2.19. The van der Waals surface area contributed by atoms with E-state index in [0.29, 0.717) is 11.3 Å². The monoisotopic (exact) mass is 252 g/mol. The molecule has 0 aliphatic heterocycles. The second kappa shape index (κ2) is 5.48. The molecule has 0 spiro atoms. The quantitative estimate of drug-likeness (QED) is 0.626. The zero-order chi connectivity index (χ0) is 13.9. The third-order valence-electron chi connectivity index (χ3n) is 2.55. The molecule has 0 aliphatic rings. The number of amides is 1. The van der Waals surface area contributed by atoms with E-state index in [9.17, 15) is 14.4 Å². The van der Waals surface area contributed by atoms with Crippen molar-refractivity contribution in [3.05, 3.63) is 23.5 Å². The van der Waals surface area contributed by atoms with Crippen molar-refractivity contribution >= 4 is 17.7 Å². The summed E-state index contributed by atoms with van der Waals surface area (Å²) in [7, 11) is 2.91. The molecule has 0 unspecified atom stereocenters. The van der Waals surface area contributed by atoms with E-state index in [1.807, 2.05) is 0 Å². The number of esters is 1. The van der Waals surface area contributed by atoms with E-state index >= 15 is 0 Å². The summed E-state index contributed by atoms with van der Waals surface area (Å²) in [5, 5.41) is 2.49. The zero-order valence-electron chi connectivity index (χ0n) is 10.8. The van der Waals surface area contributed by atoms with E-state index in [-0.39, 0.29) is 5.78 Å². The van der Waals surface area contributed by atoms with Crippen LogP contribution < -0.4 is 5.32 Å². The lowest BCUT2D eigenvalue weighted by Gasteiger charge is -2.11. The Hall–Kier alpha value is -2.11. The molecule has 6 heteroatoms. The van der Waals surface area contributed by atoms with Gasteiger partial charge in [-0.3, -0.25) is 9.59 Å². The molecule has 0 saturated heterocycles. The number of Topliss-reactive ketones (excluding diaryl/α,β-unsaturated/α-hetero) is 1. The fraction of sp³-hybridized carbons (Fsp3) is 0.417. The van der Waals surface area contributed by atoms with Crippen LogP contribution in [0.1, 0.15) is 34.7 Å². The van der Waals surface area contributed by atoms with Crippen molar-refractivity contribution in [3.8, 4) is 0 Å². The van der Waals surface area contributed by atoms with Crippen molar-refractivity contribution < 1.29 is 19.1 Å². The van der Waals surface area contributed by atoms with Crippen molar-refractivity contribution in [2.75, 3.05) is 7.11 Å². The summed E-state index contributed by atoms with van der Waals surface area (Å²) >= 11 is 0. The number of nitrogens with zero attached hydrogens (tertiary/aromatic N) is 1. The minimum absolute atomic E-state index is 0.120. The molecule has 98 valence electrons. The second-order valence-corrected chi connectivity index (χ2v) is 4.00. The van der Waals surface area contributed by atoms with Crippen LogP contribution in [-0.4, -0.2) is 35.4 Å². The molecule has 1 aromatic heterocycles. The number of aryl methyl sites for hydroxylation is 1. The lowest BCUT2D eigenvalue weighted by atomic mass is 10.2. The summed E-state index contributed by atoms with van der Waals surface area (Å²) in [5.41, 5.74) is 0.768. The average molecular weight is 252 g/mol. The van der Waals surface area contributed by atoms with Crippen LogP contribution in [0.15, 0.2) is 12.3 Å². The summed E-state index contributed by atoms with van der Waals surface area (Å²) in [5.74, 6) is -1.07. The molecule has 6 nitrogen and oxygen atoms in total. The SMILES string of the molecule is COC(=O)[C@H](C)NC(=O)c1cc(C(C)=O)cn1C. The predicted octanol–water partition coefficient (Wildman–Crippen LogP) is 0.519. The van der Waals surface area contributed by atoms with Gasteiger partial charge in [0.25, 0.3) is 5.91 Å². The van der Waals surface area contributed by atoms with Gasteiger partial charge in [-0.25, -0.2) is 4.79 Å². The van der Waals surface area contributed by atoms with Gasteiger partial charge in [-0.1, -0.05) is 0 Å². The van der Waals surface area contributed by atoms with Gasteiger partial charge in [0.15, 0.2) is 5.78 Å². The van der Waals surface area contributed by atoms with Crippen LogP contribution in [-0.2, 0) is 16.6 Å². The highest BCUT2D eigenvalue weighted by atomic mass is 16.5. The molecule has 18 heavy (non-hydrogen) atoms. The number of ether oxygens (including phenoxy) is 1. The molecule has 0 radical (unpaired) electrons. The zero-order valence-corrected chi connectivity index (χ0v) is 10.8. The van der Waals surface area contributed by atoms with Crippen LogP contribution in [0.25, 0.3) is 0 Å². The first kappa shape index (κ1) is 14.0. The first-order chi connectivity index (χ1) is 8.36. The topological polar surface area (TPSA) is 77.4 Å². The van der Waals surface area contributed by atoms with Gasteiger partial charge in [0.05, 0.1) is 7.11 Å². The van der Waals surface area contributed by atoms with Gasteiger partial charge in [-0.05, 0) is 19.9 Å². The number of carbonyl (C=O) groups excluding carboxylic acids is 3. The Morgan fingerprint density at radius 3 is 2.44 bits per heavy atom. The van der Waals surface area contributed by atoms with E-state index in [2.05, 4.69) is 10.1 Å². The van der Waals surface area contributed by atoms with Crippen molar-refractivity contribution in [3.63, 3.8) is 0 Å². The Bertz CT molecular complexity index is 490. The van der Waals surface area contributed by atoms with Crippen LogP contribution in [0.4, 0.5) is 0 Å². The molecule has 0 aliphatic carbocycles. The van der Waals surface area contributed by atoms with Gasteiger partial charge in [0.1, 0.15) is 11.7 Å². The smallest absolute Gasteiger partial charge is 0.328 e. The third kappa shape index (κ3) is 2.97. The van der Waals surface area contributed by atoms with Crippen LogP contribution in [0.3, 0.4) is 0 Å². The van der Waals surface area contributed by atoms with E-state index < -0.39 is 17.9 Å². The van der Waals surface area contributed by atoms with Crippen LogP contribution in [0, 0.1) is 0 Å². The molecule has 1 rings (SSSR count). The number of nitrogens with one attached hydrogen (secondary N) is 1. The van der Waals surface area contributed by atoms with Crippen LogP contribution in [0.2, 0.25) is 0 Å². The predicted molar refractivity (Wildman–Crippen MR) is 64.4 cm³/mol. The van der Waals surface area contributed by atoms with Crippen LogP contribution >= 0.6 is 0 Å². The van der Waals surface area contributed by atoms with Gasteiger partial charge >= 0.3 is 5.97 Å². The van der Waals surface area contributed by atoms with E-state index in [1.54, 1.807) is 13.2 Å². The maximum Gasteiger partial charge on any atom is 0.328 e. The van der Waals surface area contributed by atoms with Crippen molar-refractivity contribution in [2.45, 2.75) is 19.9 Å². The Morgan fingerprint density at radius 1 is 1.39 bits per heavy atom. The highest BCUT2D eigenvalue weighted by Crippen LogP contribution is 2.08. The van der Waals surface area contributed by atoms with Gasteiger partial charge < -0.3 is 14.6 Å². The number of hydrogen-bond donors (Lipinski definition) is 1. The summed E-state index contributed by atoms with van der Waals surface area (Å²) < 4.78 is 6.05. The van der Waals surface area contributed by atoms with Crippen molar-refractivity contribution in [1.29, 1.82) is 0 Å². The molecule has 1 atom stereocenters. The molecule has 1 heterocycles. The molecule has 1 aromatic rings. The standard InChI is InChI=1S/C12H16N2O4/c1-7(12(17)18-4)13-11(16)10-5-9(8(2)15)6-14(10)3/h5-7H,1-4H3,(H,13,16)/t7-/m0/s1. The lowest BCUT2D eigenvalue weighted by Crippen LogP contribution is -2.39. The number of hydrogen-bond acceptors (Lipinski definition) is 4. The fourth-order valence-corrected chi connectivity index (χ4v) is 1.49. The maximum atomic E-state index is 11.9. The van der Waals surface area contributed by atoms with Crippen LogP contribution in [0.5, 0.6) is 0 Å². The van der Waals surface area contributed by atoms with E-state index in [0.717, 1.165) is 0 Å². The maximum absolute atomic E-state index is 11.9. The average Bonchev–Trinajstić information content (AvgIpc) is 2.70. The van der Waals surface area contributed by atoms with E-state index in [4.69, 9.17) is 0 Å². The summed E-state index contributed by atoms with van der Waals surface area (Å²) in [6.45, 7) is 2.95. The number of rotatable bonds is 4. The molecule has 0 bridgehead atoms. The van der Waals surface area contributed by atoms with Gasteiger partial charge in [0, 0.05) is 18.8 Å². The molecule has 0 fully saturated rings. The molecule has 1 amide bonds. The summed E-state index contributed by atoms with van der Waals surface area (Å²) in [4.78, 5) is 34.3. The highest BCUT2D eigenvalue weighted by molar-refractivity contribution is 6.00. The third-order valence-corrected chi connectivity index (χ3v) is 2.55. The Kier molecular flexibility index (Phi) is 4.25.